The first kappa shape index (κ1) is 14.0. The van der Waals surface area contributed by atoms with Gasteiger partial charge in [-0.15, -0.1) is 5.10 Å². The Morgan fingerprint density at radius 2 is 2.38 bits per heavy atom. The molecule has 112 valence electrons. The molecule has 1 fully saturated rings. The molecule has 0 radical (unpaired) electrons. The maximum atomic E-state index is 5.79. The normalized spacial score (nSPS) is 19.6. The summed E-state index contributed by atoms with van der Waals surface area (Å²) in [5.74, 6) is 0.840. The third-order valence-electron chi connectivity index (χ3n) is 3.49. The zero-order valence-corrected chi connectivity index (χ0v) is 12.1. The lowest BCUT2D eigenvalue weighted by Gasteiger charge is -2.32. The van der Waals surface area contributed by atoms with Crippen LogP contribution in [0.5, 0.6) is 5.75 Å². The average molecular weight is 289 g/mol. The molecule has 0 spiro atoms. The summed E-state index contributed by atoms with van der Waals surface area (Å²) in [5.41, 5.74) is 1.01. The van der Waals surface area contributed by atoms with Crippen molar-refractivity contribution in [2.75, 3.05) is 26.8 Å². The SMILES string of the molecule is COc1ccnc(CN2CCOC(Cn3ccnn3)C2)c1. The molecule has 1 saturated heterocycles. The van der Waals surface area contributed by atoms with Crippen LogP contribution in [0.4, 0.5) is 0 Å². The van der Waals surface area contributed by atoms with Crippen molar-refractivity contribution < 1.29 is 9.47 Å². The summed E-state index contributed by atoms with van der Waals surface area (Å²) in [6.07, 6.45) is 5.44. The predicted octanol–water partition coefficient (Wildman–Crippen LogP) is 0.583. The minimum Gasteiger partial charge on any atom is -0.497 e. The van der Waals surface area contributed by atoms with Gasteiger partial charge in [0.25, 0.3) is 0 Å². The molecule has 0 amide bonds. The molecule has 2 aromatic rings. The zero-order chi connectivity index (χ0) is 14.5. The van der Waals surface area contributed by atoms with E-state index >= 15 is 0 Å². The lowest BCUT2D eigenvalue weighted by Crippen LogP contribution is -2.43. The van der Waals surface area contributed by atoms with E-state index in [1.165, 1.54) is 0 Å². The molecule has 2 aromatic heterocycles. The van der Waals surface area contributed by atoms with E-state index < -0.39 is 0 Å². The van der Waals surface area contributed by atoms with Crippen LogP contribution in [0.15, 0.2) is 30.7 Å². The van der Waals surface area contributed by atoms with Crippen molar-refractivity contribution in [1.82, 2.24) is 24.9 Å². The number of methoxy groups -OCH3 is 1. The van der Waals surface area contributed by atoms with Gasteiger partial charge in [-0.2, -0.15) is 0 Å². The lowest BCUT2D eigenvalue weighted by atomic mass is 10.2. The van der Waals surface area contributed by atoms with Crippen LogP contribution in [0, 0.1) is 0 Å². The topological polar surface area (TPSA) is 65.3 Å². The lowest BCUT2D eigenvalue weighted by molar-refractivity contribution is -0.0407. The maximum Gasteiger partial charge on any atom is 0.122 e. The van der Waals surface area contributed by atoms with Crippen molar-refractivity contribution in [2.45, 2.75) is 19.2 Å². The molecule has 1 unspecified atom stereocenters. The van der Waals surface area contributed by atoms with Crippen LogP contribution in [0.25, 0.3) is 0 Å². The summed E-state index contributed by atoms with van der Waals surface area (Å²) in [7, 11) is 1.67. The Balaban J connectivity index is 1.58. The molecule has 7 nitrogen and oxygen atoms in total. The van der Waals surface area contributed by atoms with Gasteiger partial charge in [0, 0.05) is 38.1 Å². The highest BCUT2D eigenvalue weighted by molar-refractivity contribution is 5.22. The number of morpholine rings is 1. The number of pyridine rings is 1. The Labute approximate surface area is 123 Å². The van der Waals surface area contributed by atoms with Crippen molar-refractivity contribution in [3.8, 4) is 5.75 Å². The van der Waals surface area contributed by atoms with Crippen LogP contribution in [-0.2, 0) is 17.8 Å². The van der Waals surface area contributed by atoms with Gasteiger partial charge in [0.05, 0.1) is 38.3 Å². The second-order valence-electron chi connectivity index (χ2n) is 5.04. The van der Waals surface area contributed by atoms with Gasteiger partial charge in [0.2, 0.25) is 0 Å². The second-order valence-corrected chi connectivity index (χ2v) is 5.04. The van der Waals surface area contributed by atoms with Crippen LogP contribution in [0.2, 0.25) is 0 Å². The minimum atomic E-state index is 0.131. The van der Waals surface area contributed by atoms with E-state index in [9.17, 15) is 0 Å². The standard InChI is InChI=1S/C14H19N5O2/c1-20-13-2-3-15-12(8-13)9-18-6-7-21-14(10-18)11-19-5-4-16-17-19/h2-5,8,14H,6-7,9-11H2,1H3. The van der Waals surface area contributed by atoms with E-state index in [1.54, 1.807) is 24.2 Å². The monoisotopic (exact) mass is 289 g/mol. The third-order valence-corrected chi connectivity index (χ3v) is 3.49. The molecule has 0 aromatic carbocycles. The van der Waals surface area contributed by atoms with Gasteiger partial charge in [-0.25, -0.2) is 4.68 Å². The summed E-state index contributed by atoms with van der Waals surface area (Å²) in [5, 5.41) is 7.79. The molecule has 3 heterocycles. The fraction of sp³-hybridized carbons (Fsp3) is 0.500. The van der Waals surface area contributed by atoms with Crippen LogP contribution in [-0.4, -0.2) is 57.8 Å². The van der Waals surface area contributed by atoms with Gasteiger partial charge in [0.1, 0.15) is 5.75 Å². The van der Waals surface area contributed by atoms with Crippen LogP contribution in [0.1, 0.15) is 5.69 Å². The molecular weight excluding hydrogens is 270 g/mol. The van der Waals surface area contributed by atoms with Crippen molar-refractivity contribution in [2.24, 2.45) is 0 Å². The van der Waals surface area contributed by atoms with Crippen LogP contribution >= 0.6 is 0 Å². The van der Waals surface area contributed by atoms with Gasteiger partial charge in [-0.05, 0) is 6.07 Å². The first-order chi connectivity index (χ1) is 10.3. The minimum absolute atomic E-state index is 0.131. The number of ether oxygens (including phenoxy) is 2. The summed E-state index contributed by atoms with van der Waals surface area (Å²) >= 11 is 0. The molecule has 1 aliphatic rings. The maximum absolute atomic E-state index is 5.79. The highest BCUT2D eigenvalue weighted by Gasteiger charge is 2.21. The average Bonchev–Trinajstić information content (AvgIpc) is 3.01. The Morgan fingerprint density at radius 3 is 3.19 bits per heavy atom. The Hall–Kier alpha value is -1.99. The molecule has 7 heteroatoms. The number of rotatable bonds is 5. The van der Waals surface area contributed by atoms with Gasteiger partial charge in [-0.3, -0.25) is 9.88 Å². The van der Waals surface area contributed by atoms with Gasteiger partial charge in [-0.1, -0.05) is 5.21 Å². The van der Waals surface area contributed by atoms with Crippen molar-refractivity contribution in [1.29, 1.82) is 0 Å². The quantitative estimate of drug-likeness (QED) is 0.802. The molecule has 1 atom stereocenters. The van der Waals surface area contributed by atoms with Crippen LogP contribution in [0.3, 0.4) is 0 Å². The second kappa shape index (κ2) is 6.64. The molecule has 0 saturated carbocycles. The van der Waals surface area contributed by atoms with Gasteiger partial charge < -0.3 is 9.47 Å². The highest BCUT2D eigenvalue weighted by atomic mass is 16.5. The van der Waals surface area contributed by atoms with E-state index in [4.69, 9.17) is 9.47 Å². The smallest absolute Gasteiger partial charge is 0.122 e. The van der Waals surface area contributed by atoms with Crippen molar-refractivity contribution in [3.63, 3.8) is 0 Å². The van der Waals surface area contributed by atoms with Crippen molar-refractivity contribution in [3.05, 3.63) is 36.4 Å². The van der Waals surface area contributed by atoms with E-state index in [-0.39, 0.29) is 6.10 Å². The van der Waals surface area contributed by atoms with Gasteiger partial charge in [0.15, 0.2) is 0 Å². The molecular formula is C14H19N5O2. The fourth-order valence-electron chi connectivity index (χ4n) is 2.47. The first-order valence-corrected chi connectivity index (χ1v) is 7.00. The molecule has 1 aliphatic heterocycles. The number of hydrogen-bond acceptors (Lipinski definition) is 6. The third kappa shape index (κ3) is 3.77. The van der Waals surface area contributed by atoms with E-state index in [0.29, 0.717) is 0 Å². The molecule has 0 aliphatic carbocycles. The Morgan fingerprint density at radius 1 is 1.43 bits per heavy atom. The predicted molar refractivity (Wildman–Crippen MR) is 75.8 cm³/mol. The van der Waals surface area contributed by atoms with E-state index in [0.717, 1.165) is 44.2 Å². The highest BCUT2D eigenvalue weighted by Crippen LogP contribution is 2.14. The summed E-state index contributed by atoms with van der Waals surface area (Å²) < 4.78 is 12.8. The zero-order valence-electron chi connectivity index (χ0n) is 12.1. The van der Waals surface area contributed by atoms with Crippen LogP contribution < -0.4 is 4.74 Å². The number of aromatic nitrogens is 4. The number of hydrogen-bond donors (Lipinski definition) is 0. The Bertz CT molecular complexity index is 560. The molecule has 0 N–H and O–H groups in total. The fourth-order valence-corrected chi connectivity index (χ4v) is 2.47. The van der Waals surface area contributed by atoms with E-state index in [1.807, 2.05) is 18.3 Å². The van der Waals surface area contributed by atoms with E-state index in [2.05, 4.69) is 20.2 Å². The largest absolute Gasteiger partial charge is 0.497 e. The van der Waals surface area contributed by atoms with Crippen molar-refractivity contribution >= 4 is 0 Å². The summed E-state index contributed by atoms with van der Waals surface area (Å²) in [4.78, 5) is 6.73. The molecule has 21 heavy (non-hydrogen) atoms. The first-order valence-electron chi connectivity index (χ1n) is 7.00. The van der Waals surface area contributed by atoms with Gasteiger partial charge >= 0.3 is 0 Å². The summed E-state index contributed by atoms with van der Waals surface area (Å²) in [6, 6.07) is 3.83. The number of nitrogens with zero attached hydrogens (tertiary/aromatic N) is 5. The molecule has 3 rings (SSSR count). The molecule has 0 bridgehead atoms. The summed E-state index contributed by atoms with van der Waals surface area (Å²) in [6.45, 7) is 4.02. The Kier molecular flexibility index (Phi) is 4.42.